The number of aromatic nitrogens is 2. The minimum atomic E-state index is -1.31. The average molecular weight is 277 g/mol. The Kier molecular flexibility index (Phi) is 4.78. The van der Waals surface area contributed by atoms with Crippen molar-refractivity contribution >= 4 is 15.7 Å². The van der Waals surface area contributed by atoms with Gasteiger partial charge in [-0.05, 0) is 6.07 Å². The second-order valence-corrected chi connectivity index (χ2v) is 3.77. The van der Waals surface area contributed by atoms with Gasteiger partial charge in [-0.2, -0.15) is 14.9 Å². The third-order valence-electron chi connectivity index (χ3n) is 2.64. The number of nitrogen functional groups attached to an aromatic ring is 1. The number of rotatable bonds is 2. The topological polar surface area (TPSA) is 131 Å². The van der Waals surface area contributed by atoms with Crippen LogP contribution in [0.3, 0.4) is 0 Å². The lowest BCUT2D eigenvalue weighted by Gasteiger charge is -2.16. The van der Waals surface area contributed by atoms with Crippen LogP contribution in [0.25, 0.3) is 0 Å². The van der Waals surface area contributed by atoms with E-state index < -0.39 is 36.8 Å². The van der Waals surface area contributed by atoms with Crippen LogP contribution < -0.4 is 11.4 Å². The standard InChI is InChI=1S/C9H13N3O5.H3P/c10-5-1-2-12(9(16)11-5)8-7(15)6(14)4(3-13)17-8;/h1-2,4,6-8,13-15H,3H2,(H2,10,11,16);1H3/t4-,6-,7-,8-;/m1./s1. The molecule has 2 rings (SSSR count). The molecule has 1 unspecified atom stereocenters. The van der Waals surface area contributed by atoms with Gasteiger partial charge in [-0.1, -0.05) is 0 Å². The summed E-state index contributed by atoms with van der Waals surface area (Å²) in [5.41, 5.74) is 4.63. The molecule has 102 valence electrons. The lowest BCUT2D eigenvalue weighted by atomic mass is 10.1. The molecule has 0 bridgehead atoms. The fourth-order valence-corrected chi connectivity index (χ4v) is 1.73. The first kappa shape index (κ1) is 15.0. The Morgan fingerprint density at radius 3 is 2.61 bits per heavy atom. The SMILES string of the molecule is Nc1ccn([C@@H]2O[C@H](CO)[C@@H](O)[C@H]2O)c(=O)n1.P. The maximum absolute atomic E-state index is 11.5. The van der Waals surface area contributed by atoms with Crippen LogP contribution in [0.5, 0.6) is 0 Å². The summed E-state index contributed by atoms with van der Waals surface area (Å²) in [6.45, 7) is -0.453. The Morgan fingerprint density at radius 1 is 1.44 bits per heavy atom. The smallest absolute Gasteiger partial charge is 0.351 e. The molecule has 1 saturated heterocycles. The van der Waals surface area contributed by atoms with Gasteiger partial charge in [0.1, 0.15) is 24.1 Å². The summed E-state index contributed by atoms with van der Waals surface area (Å²) in [5, 5.41) is 28.2. The molecule has 2 heterocycles. The number of hydrogen-bond donors (Lipinski definition) is 4. The van der Waals surface area contributed by atoms with E-state index in [0.717, 1.165) is 4.57 Å². The molecule has 9 heteroatoms. The molecular formula is C9H16N3O5P. The van der Waals surface area contributed by atoms with Crippen molar-refractivity contribution in [3.8, 4) is 0 Å². The largest absolute Gasteiger partial charge is 0.394 e. The summed E-state index contributed by atoms with van der Waals surface area (Å²) in [6, 6.07) is 1.37. The molecule has 0 spiro atoms. The molecular weight excluding hydrogens is 261 g/mol. The van der Waals surface area contributed by atoms with Crippen molar-refractivity contribution in [3.05, 3.63) is 22.7 Å². The van der Waals surface area contributed by atoms with Gasteiger partial charge in [-0.3, -0.25) is 4.57 Å². The van der Waals surface area contributed by atoms with Crippen molar-refractivity contribution in [2.24, 2.45) is 0 Å². The molecule has 5 atom stereocenters. The quantitative estimate of drug-likeness (QED) is 0.439. The molecule has 1 aliphatic heterocycles. The van der Waals surface area contributed by atoms with Crippen molar-refractivity contribution in [3.63, 3.8) is 0 Å². The van der Waals surface area contributed by atoms with E-state index in [1.54, 1.807) is 0 Å². The van der Waals surface area contributed by atoms with E-state index in [1.165, 1.54) is 12.3 Å². The Hall–Kier alpha value is -1.05. The summed E-state index contributed by atoms with van der Waals surface area (Å²) < 4.78 is 6.19. The predicted molar refractivity (Wildman–Crippen MR) is 67.0 cm³/mol. The summed E-state index contributed by atoms with van der Waals surface area (Å²) in [6.07, 6.45) is -3.27. The van der Waals surface area contributed by atoms with Gasteiger partial charge in [0.2, 0.25) is 0 Å². The number of nitrogens with two attached hydrogens (primary N) is 1. The van der Waals surface area contributed by atoms with Gasteiger partial charge in [0, 0.05) is 6.20 Å². The molecule has 0 radical (unpaired) electrons. The fraction of sp³-hybridized carbons (Fsp3) is 0.556. The van der Waals surface area contributed by atoms with Crippen LogP contribution in [0.1, 0.15) is 6.23 Å². The highest BCUT2D eigenvalue weighted by molar-refractivity contribution is 6.92. The van der Waals surface area contributed by atoms with Crippen LogP contribution in [0.2, 0.25) is 0 Å². The lowest BCUT2D eigenvalue weighted by Crippen LogP contribution is -2.36. The molecule has 8 nitrogen and oxygen atoms in total. The Balaban J connectivity index is 0.00000162. The van der Waals surface area contributed by atoms with Gasteiger partial charge in [-0.15, -0.1) is 0 Å². The molecule has 0 amide bonds. The molecule has 1 aromatic rings. The first-order valence-corrected chi connectivity index (χ1v) is 5.01. The van der Waals surface area contributed by atoms with Crippen LogP contribution in [0.15, 0.2) is 17.1 Å². The van der Waals surface area contributed by atoms with Crippen molar-refractivity contribution in [2.75, 3.05) is 12.3 Å². The Bertz CT molecular complexity index is 468. The minimum absolute atomic E-state index is 0. The summed E-state index contributed by atoms with van der Waals surface area (Å²) in [4.78, 5) is 15.0. The van der Waals surface area contributed by atoms with Gasteiger partial charge < -0.3 is 25.8 Å². The van der Waals surface area contributed by atoms with Crippen LogP contribution in [-0.4, -0.2) is 49.8 Å². The van der Waals surface area contributed by atoms with Gasteiger partial charge in [0.05, 0.1) is 6.61 Å². The van der Waals surface area contributed by atoms with Gasteiger partial charge >= 0.3 is 5.69 Å². The zero-order valence-electron chi connectivity index (χ0n) is 9.51. The Labute approximate surface area is 106 Å². The molecule has 1 fully saturated rings. The van der Waals surface area contributed by atoms with Gasteiger partial charge in [-0.25, -0.2) is 4.79 Å². The highest BCUT2D eigenvalue weighted by Crippen LogP contribution is 2.27. The maximum atomic E-state index is 11.5. The summed E-state index contributed by atoms with van der Waals surface area (Å²) in [7, 11) is 0. The molecule has 0 aliphatic carbocycles. The lowest BCUT2D eigenvalue weighted by molar-refractivity contribution is -0.0549. The zero-order valence-corrected chi connectivity index (χ0v) is 10.9. The van der Waals surface area contributed by atoms with E-state index in [9.17, 15) is 15.0 Å². The van der Waals surface area contributed by atoms with E-state index in [4.69, 9.17) is 15.6 Å². The van der Waals surface area contributed by atoms with Crippen molar-refractivity contribution in [2.45, 2.75) is 24.5 Å². The molecule has 5 N–H and O–H groups in total. The maximum Gasteiger partial charge on any atom is 0.351 e. The third kappa shape index (κ3) is 2.52. The highest BCUT2D eigenvalue weighted by Gasteiger charge is 2.43. The first-order valence-electron chi connectivity index (χ1n) is 5.01. The van der Waals surface area contributed by atoms with E-state index >= 15 is 0 Å². The molecule has 1 aromatic heterocycles. The van der Waals surface area contributed by atoms with Crippen molar-refractivity contribution < 1.29 is 20.1 Å². The monoisotopic (exact) mass is 277 g/mol. The molecule has 1 aliphatic rings. The van der Waals surface area contributed by atoms with E-state index in [2.05, 4.69) is 4.98 Å². The van der Waals surface area contributed by atoms with Crippen LogP contribution in [0, 0.1) is 0 Å². The summed E-state index contributed by atoms with van der Waals surface area (Å²) in [5.74, 6) is 0.0537. The Morgan fingerprint density at radius 2 is 2.11 bits per heavy atom. The first-order chi connectivity index (χ1) is 8.04. The van der Waals surface area contributed by atoms with E-state index in [1.807, 2.05) is 0 Å². The second kappa shape index (κ2) is 5.73. The van der Waals surface area contributed by atoms with E-state index in [-0.39, 0.29) is 15.7 Å². The number of nitrogens with zero attached hydrogens (tertiary/aromatic N) is 2. The molecule has 0 saturated carbocycles. The molecule has 18 heavy (non-hydrogen) atoms. The predicted octanol–water partition coefficient (Wildman–Crippen LogP) is -2.50. The van der Waals surface area contributed by atoms with Gasteiger partial charge in [0.25, 0.3) is 0 Å². The van der Waals surface area contributed by atoms with Crippen LogP contribution in [-0.2, 0) is 4.74 Å². The molecule has 0 aromatic carbocycles. The number of aliphatic hydroxyl groups excluding tert-OH is 3. The van der Waals surface area contributed by atoms with Crippen LogP contribution >= 0.6 is 9.90 Å². The number of hydrogen-bond acceptors (Lipinski definition) is 7. The van der Waals surface area contributed by atoms with Crippen molar-refractivity contribution in [1.82, 2.24) is 9.55 Å². The zero-order chi connectivity index (χ0) is 12.6. The number of aliphatic hydroxyl groups is 3. The van der Waals surface area contributed by atoms with Crippen LogP contribution in [0.4, 0.5) is 5.82 Å². The normalized spacial score (nSPS) is 31.1. The fourth-order valence-electron chi connectivity index (χ4n) is 1.73. The van der Waals surface area contributed by atoms with E-state index in [0.29, 0.717) is 0 Å². The highest BCUT2D eigenvalue weighted by atomic mass is 31.0. The number of ether oxygens (including phenoxy) is 1. The minimum Gasteiger partial charge on any atom is -0.394 e. The van der Waals surface area contributed by atoms with Crippen molar-refractivity contribution in [1.29, 1.82) is 0 Å². The van der Waals surface area contributed by atoms with Gasteiger partial charge in [0.15, 0.2) is 6.23 Å². The third-order valence-corrected chi connectivity index (χ3v) is 2.64. The average Bonchev–Trinajstić information content (AvgIpc) is 2.57. The second-order valence-electron chi connectivity index (χ2n) is 3.77. The number of anilines is 1. The summed E-state index contributed by atoms with van der Waals surface area (Å²) >= 11 is 0.